The van der Waals surface area contributed by atoms with E-state index in [4.69, 9.17) is 9.47 Å². The molecule has 5 heteroatoms. The van der Waals surface area contributed by atoms with Gasteiger partial charge in [0.05, 0.1) is 7.11 Å². The number of aromatic nitrogens is 1. The molecule has 26 heavy (non-hydrogen) atoms. The Morgan fingerprint density at radius 1 is 1.04 bits per heavy atom. The van der Waals surface area contributed by atoms with Gasteiger partial charge in [0.2, 0.25) is 5.78 Å². The number of hydrogen-bond donors (Lipinski definition) is 0. The summed E-state index contributed by atoms with van der Waals surface area (Å²) in [5, 5.41) is 0. The minimum absolute atomic E-state index is 0.0686. The number of aryl methyl sites for hydroxylation is 1. The number of rotatable bonds is 6. The summed E-state index contributed by atoms with van der Waals surface area (Å²) in [4.78, 5) is 12.6. The molecule has 0 N–H and O–H groups in total. The molecule has 3 rings (SSSR count). The van der Waals surface area contributed by atoms with Crippen molar-refractivity contribution < 1.29 is 18.7 Å². The van der Waals surface area contributed by atoms with Crippen LogP contribution in [-0.4, -0.2) is 24.1 Å². The highest BCUT2D eigenvalue weighted by atomic mass is 19.1. The molecule has 0 fully saturated rings. The summed E-state index contributed by atoms with van der Waals surface area (Å²) in [6, 6.07) is 15.1. The number of Topliss-reactive ketones (excluding diaryl/α,β-unsaturated/α-hetero) is 1. The molecule has 1 aromatic heterocycles. The fourth-order valence-electron chi connectivity index (χ4n) is 2.95. The van der Waals surface area contributed by atoms with Crippen LogP contribution in [0, 0.1) is 19.7 Å². The second kappa shape index (κ2) is 7.44. The Morgan fingerprint density at radius 2 is 1.73 bits per heavy atom. The molecular formula is C21H20FNO3. The molecule has 1 heterocycles. The maximum Gasteiger partial charge on any atom is 0.202 e. The Bertz CT molecular complexity index is 929. The quantitative estimate of drug-likeness (QED) is 0.613. The predicted molar refractivity (Wildman–Crippen MR) is 98.0 cm³/mol. The number of benzene rings is 2. The van der Waals surface area contributed by atoms with Gasteiger partial charge in [-0.05, 0) is 56.3 Å². The third kappa shape index (κ3) is 3.61. The SMILES string of the molecule is COc1cccc(OCC(=O)c2cc(C)n(-c3ccc(F)cc3)c2C)c1. The third-order valence-corrected chi connectivity index (χ3v) is 4.23. The third-order valence-electron chi connectivity index (χ3n) is 4.23. The van der Waals surface area contributed by atoms with Crippen molar-refractivity contribution in [1.29, 1.82) is 0 Å². The first kappa shape index (κ1) is 17.7. The highest BCUT2D eigenvalue weighted by molar-refractivity contribution is 5.98. The number of nitrogens with zero attached hydrogens (tertiary/aromatic N) is 1. The monoisotopic (exact) mass is 353 g/mol. The molecule has 0 aliphatic carbocycles. The lowest BCUT2D eigenvalue weighted by molar-refractivity contribution is 0.0920. The Kier molecular flexibility index (Phi) is 5.07. The van der Waals surface area contributed by atoms with Gasteiger partial charge in [0.15, 0.2) is 6.61 Å². The molecule has 2 aromatic carbocycles. The normalized spacial score (nSPS) is 10.6. The van der Waals surface area contributed by atoms with Gasteiger partial charge in [0.1, 0.15) is 17.3 Å². The Morgan fingerprint density at radius 3 is 2.42 bits per heavy atom. The zero-order valence-corrected chi connectivity index (χ0v) is 15.0. The molecule has 0 aliphatic rings. The van der Waals surface area contributed by atoms with Crippen LogP contribution in [0.25, 0.3) is 5.69 Å². The summed E-state index contributed by atoms with van der Waals surface area (Å²) in [5.74, 6) is 0.836. The van der Waals surface area contributed by atoms with Crippen molar-refractivity contribution in [3.05, 3.63) is 77.4 Å². The smallest absolute Gasteiger partial charge is 0.202 e. The lowest BCUT2D eigenvalue weighted by atomic mass is 10.1. The zero-order valence-electron chi connectivity index (χ0n) is 15.0. The Hall–Kier alpha value is -3.08. The standard InChI is InChI=1S/C21H20FNO3/c1-14-11-20(15(2)23(14)17-9-7-16(22)8-10-17)21(24)13-26-19-6-4-5-18(12-19)25-3/h4-12H,13H2,1-3H3. The van der Waals surface area contributed by atoms with E-state index in [1.807, 2.05) is 30.5 Å². The van der Waals surface area contributed by atoms with Gasteiger partial charge in [-0.25, -0.2) is 4.39 Å². The molecule has 0 atom stereocenters. The van der Waals surface area contributed by atoms with E-state index in [1.54, 1.807) is 37.4 Å². The summed E-state index contributed by atoms with van der Waals surface area (Å²) in [6.45, 7) is 3.71. The van der Waals surface area contributed by atoms with E-state index in [0.717, 1.165) is 17.1 Å². The average molecular weight is 353 g/mol. The zero-order chi connectivity index (χ0) is 18.7. The minimum atomic E-state index is -0.292. The number of carbonyl (C=O) groups is 1. The van der Waals surface area contributed by atoms with Crippen LogP contribution in [0.2, 0.25) is 0 Å². The van der Waals surface area contributed by atoms with E-state index in [2.05, 4.69) is 0 Å². The van der Waals surface area contributed by atoms with Crippen LogP contribution >= 0.6 is 0 Å². The first-order valence-corrected chi connectivity index (χ1v) is 8.24. The maximum absolute atomic E-state index is 13.2. The van der Waals surface area contributed by atoms with E-state index in [-0.39, 0.29) is 18.2 Å². The van der Waals surface area contributed by atoms with E-state index in [1.165, 1.54) is 12.1 Å². The van der Waals surface area contributed by atoms with Crippen LogP contribution < -0.4 is 9.47 Å². The maximum atomic E-state index is 13.2. The van der Waals surface area contributed by atoms with Crippen LogP contribution in [0.4, 0.5) is 4.39 Å². The largest absolute Gasteiger partial charge is 0.497 e. The van der Waals surface area contributed by atoms with Crippen LogP contribution in [0.15, 0.2) is 54.6 Å². The van der Waals surface area contributed by atoms with Crippen LogP contribution in [0.1, 0.15) is 21.7 Å². The molecule has 0 spiro atoms. The highest BCUT2D eigenvalue weighted by Gasteiger charge is 2.17. The van der Waals surface area contributed by atoms with Crippen LogP contribution in [0.5, 0.6) is 11.5 Å². The van der Waals surface area contributed by atoms with Crippen molar-refractivity contribution in [2.24, 2.45) is 0 Å². The van der Waals surface area contributed by atoms with Crippen molar-refractivity contribution in [1.82, 2.24) is 4.57 Å². The molecular weight excluding hydrogens is 333 g/mol. The number of methoxy groups -OCH3 is 1. The predicted octanol–water partition coefficient (Wildman–Crippen LogP) is 4.50. The fraction of sp³-hybridized carbons (Fsp3) is 0.190. The summed E-state index contributed by atoms with van der Waals surface area (Å²) in [6.07, 6.45) is 0. The van der Waals surface area contributed by atoms with Gasteiger partial charge in [-0.15, -0.1) is 0 Å². The Labute approximate surface area is 151 Å². The lowest BCUT2D eigenvalue weighted by Crippen LogP contribution is -2.12. The first-order valence-electron chi connectivity index (χ1n) is 8.24. The van der Waals surface area contributed by atoms with Crippen molar-refractivity contribution in [3.63, 3.8) is 0 Å². The van der Waals surface area contributed by atoms with E-state index in [9.17, 15) is 9.18 Å². The van der Waals surface area contributed by atoms with Crippen molar-refractivity contribution >= 4 is 5.78 Å². The first-order chi connectivity index (χ1) is 12.5. The molecule has 3 aromatic rings. The lowest BCUT2D eigenvalue weighted by Gasteiger charge is -2.10. The van der Waals surface area contributed by atoms with E-state index in [0.29, 0.717) is 17.1 Å². The minimum Gasteiger partial charge on any atom is -0.497 e. The number of hydrogen-bond acceptors (Lipinski definition) is 3. The van der Waals surface area contributed by atoms with Gasteiger partial charge in [-0.3, -0.25) is 4.79 Å². The molecule has 4 nitrogen and oxygen atoms in total. The average Bonchev–Trinajstić information content (AvgIpc) is 2.95. The fourth-order valence-corrected chi connectivity index (χ4v) is 2.95. The van der Waals surface area contributed by atoms with Gasteiger partial charge in [-0.1, -0.05) is 6.07 Å². The number of ketones is 1. The highest BCUT2D eigenvalue weighted by Crippen LogP contribution is 2.23. The summed E-state index contributed by atoms with van der Waals surface area (Å²) in [7, 11) is 1.58. The second-order valence-corrected chi connectivity index (χ2v) is 5.99. The molecule has 0 amide bonds. The molecule has 134 valence electrons. The van der Waals surface area contributed by atoms with E-state index >= 15 is 0 Å². The molecule has 0 aliphatic heterocycles. The number of carbonyl (C=O) groups excluding carboxylic acids is 1. The van der Waals surface area contributed by atoms with Crippen molar-refractivity contribution in [2.75, 3.05) is 13.7 Å². The summed E-state index contributed by atoms with van der Waals surface area (Å²) in [5.41, 5.74) is 3.11. The molecule has 0 radical (unpaired) electrons. The van der Waals surface area contributed by atoms with E-state index < -0.39 is 0 Å². The summed E-state index contributed by atoms with van der Waals surface area (Å²) < 4.78 is 25.8. The molecule has 0 saturated carbocycles. The topological polar surface area (TPSA) is 40.5 Å². The van der Waals surface area contributed by atoms with Gasteiger partial charge in [-0.2, -0.15) is 0 Å². The molecule has 0 saturated heterocycles. The molecule has 0 bridgehead atoms. The summed E-state index contributed by atoms with van der Waals surface area (Å²) >= 11 is 0. The number of ether oxygens (including phenoxy) is 2. The number of halogens is 1. The van der Waals surface area contributed by atoms with Gasteiger partial charge in [0, 0.05) is 28.7 Å². The van der Waals surface area contributed by atoms with Crippen LogP contribution in [-0.2, 0) is 0 Å². The van der Waals surface area contributed by atoms with Crippen molar-refractivity contribution in [2.45, 2.75) is 13.8 Å². The second-order valence-electron chi connectivity index (χ2n) is 5.99. The van der Waals surface area contributed by atoms with Crippen molar-refractivity contribution in [3.8, 4) is 17.2 Å². The molecule has 0 unspecified atom stereocenters. The van der Waals surface area contributed by atoms with Crippen LogP contribution in [0.3, 0.4) is 0 Å². The van der Waals surface area contributed by atoms with Gasteiger partial charge >= 0.3 is 0 Å². The Balaban J connectivity index is 1.79. The van der Waals surface area contributed by atoms with Gasteiger partial charge in [0.25, 0.3) is 0 Å². The van der Waals surface area contributed by atoms with Gasteiger partial charge < -0.3 is 14.0 Å².